The fourth-order valence-electron chi connectivity index (χ4n) is 2.03. The Hall–Kier alpha value is -1.92. The van der Waals surface area contributed by atoms with Crippen LogP contribution in [0.5, 0.6) is 0 Å². The molecule has 0 aliphatic heterocycles. The van der Waals surface area contributed by atoms with E-state index >= 15 is 0 Å². The molecular weight excluding hydrogens is 314 g/mol. The largest absolute Gasteiger partial charge is 0.292 e. The van der Waals surface area contributed by atoms with Gasteiger partial charge >= 0.3 is 0 Å². The number of carbonyl (C=O) groups is 1. The zero-order chi connectivity index (χ0) is 14.7. The van der Waals surface area contributed by atoms with Crippen LogP contribution >= 0.6 is 15.9 Å². The molecule has 0 fully saturated rings. The summed E-state index contributed by atoms with van der Waals surface area (Å²) in [5.41, 5.74) is 3.39. The lowest BCUT2D eigenvalue weighted by Crippen LogP contribution is -2.12. The smallest absolute Gasteiger partial charge is 0.185 e. The Morgan fingerprint density at radius 3 is 2.30 bits per heavy atom. The van der Waals surface area contributed by atoms with Gasteiger partial charge in [0.25, 0.3) is 0 Å². The molecule has 0 N–H and O–H groups in total. The van der Waals surface area contributed by atoms with Gasteiger partial charge in [-0.15, -0.1) is 0 Å². The van der Waals surface area contributed by atoms with Crippen molar-refractivity contribution in [1.29, 1.82) is 5.26 Å². The second kappa shape index (κ2) is 6.02. The lowest BCUT2D eigenvalue weighted by molar-refractivity contribution is 0.0978. The van der Waals surface area contributed by atoms with E-state index in [9.17, 15) is 10.1 Å². The minimum Gasteiger partial charge on any atom is -0.292 e. The van der Waals surface area contributed by atoms with Crippen LogP contribution in [0.25, 0.3) is 0 Å². The van der Waals surface area contributed by atoms with Crippen LogP contribution in [0.2, 0.25) is 0 Å². The van der Waals surface area contributed by atoms with Gasteiger partial charge in [-0.05, 0) is 31.5 Å². The second-order valence-electron chi connectivity index (χ2n) is 4.82. The third-order valence-corrected chi connectivity index (χ3v) is 3.88. The van der Waals surface area contributed by atoms with Crippen molar-refractivity contribution < 1.29 is 4.79 Å². The summed E-state index contributed by atoms with van der Waals surface area (Å²) >= 11 is 3.38. The van der Waals surface area contributed by atoms with Gasteiger partial charge < -0.3 is 0 Å². The minimum absolute atomic E-state index is 0.174. The van der Waals surface area contributed by atoms with Crippen LogP contribution in [-0.2, 0) is 0 Å². The van der Waals surface area contributed by atoms with Crippen molar-refractivity contribution in [3.8, 4) is 6.07 Å². The van der Waals surface area contributed by atoms with Crippen molar-refractivity contribution in [2.75, 3.05) is 0 Å². The van der Waals surface area contributed by atoms with E-state index in [0.717, 1.165) is 21.2 Å². The van der Waals surface area contributed by atoms with Crippen LogP contribution in [0.15, 0.2) is 46.9 Å². The quantitative estimate of drug-likeness (QED) is 0.775. The van der Waals surface area contributed by atoms with Gasteiger partial charge in [-0.2, -0.15) is 5.26 Å². The van der Waals surface area contributed by atoms with Gasteiger partial charge in [-0.3, -0.25) is 4.79 Å². The Morgan fingerprint density at radius 1 is 1.10 bits per heavy atom. The van der Waals surface area contributed by atoms with E-state index < -0.39 is 5.92 Å². The molecule has 0 spiro atoms. The first-order chi connectivity index (χ1) is 9.52. The summed E-state index contributed by atoms with van der Waals surface area (Å²) in [6.45, 7) is 3.90. The molecule has 0 saturated carbocycles. The van der Waals surface area contributed by atoms with Crippen molar-refractivity contribution in [2.45, 2.75) is 19.8 Å². The monoisotopic (exact) mass is 327 g/mol. The topological polar surface area (TPSA) is 40.9 Å². The highest BCUT2D eigenvalue weighted by atomic mass is 79.9. The van der Waals surface area contributed by atoms with E-state index in [-0.39, 0.29) is 5.78 Å². The number of rotatable bonds is 3. The van der Waals surface area contributed by atoms with Crippen LogP contribution in [0, 0.1) is 25.2 Å². The molecular formula is C17H14BrNO. The third kappa shape index (κ3) is 2.97. The van der Waals surface area contributed by atoms with Crippen molar-refractivity contribution in [1.82, 2.24) is 0 Å². The highest BCUT2D eigenvalue weighted by Gasteiger charge is 2.23. The molecule has 0 bridgehead atoms. The Kier molecular flexibility index (Phi) is 4.36. The number of hydrogen-bond donors (Lipinski definition) is 0. The van der Waals surface area contributed by atoms with E-state index in [1.54, 1.807) is 0 Å². The first-order valence-electron chi connectivity index (χ1n) is 6.29. The summed E-state index contributed by atoms with van der Waals surface area (Å²) < 4.78 is 0.723. The molecule has 2 rings (SSSR count). The Balaban J connectivity index is 2.42. The number of aryl methyl sites for hydroxylation is 2. The lowest BCUT2D eigenvalue weighted by atomic mass is 9.91. The zero-order valence-corrected chi connectivity index (χ0v) is 12.9. The molecule has 20 heavy (non-hydrogen) atoms. The maximum Gasteiger partial charge on any atom is 0.185 e. The maximum absolute atomic E-state index is 12.6. The van der Waals surface area contributed by atoms with Crippen molar-refractivity contribution in [3.05, 3.63) is 69.2 Å². The highest BCUT2D eigenvalue weighted by molar-refractivity contribution is 9.10. The first kappa shape index (κ1) is 14.5. The standard InChI is InChI=1S/C17H14BrNO/c1-11-3-6-13(7-4-11)15(10-19)17(20)14-9-12(2)5-8-16(14)18/h3-9,15H,1-2H3. The SMILES string of the molecule is Cc1ccc(C(C#N)C(=O)c2cc(C)ccc2Br)cc1. The minimum atomic E-state index is -0.770. The van der Waals surface area contributed by atoms with Gasteiger partial charge in [0.2, 0.25) is 0 Å². The molecule has 0 aromatic heterocycles. The number of ketones is 1. The summed E-state index contributed by atoms with van der Waals surface area (Å²) in [5.74, 6) is -0.944. The Morgan fingerprint density at radius 2 is 1.70 bits per heavy atom. The van der Waals surface area contributed by atoms with Crippen molar-refractivity contribution in [2.24, 2.45) is 0 Å². The molecule has 2 aromatic carbocycles. The number of benzene rings is 2. The molecule has 0 amide bonds. The maximum atomic E-state index is 12.6. The number of Topliss-reactive ketones (excluding diaryl/α,β-unsaturated/α-hetero) is 1. The number of hydrogen-bond acceptors (Lipinski definition) is 2. The van der Waals surface area contributed by atoms with E-state index in [1.807, 2.05) is 56.3 Å². The number of carbonyl (C=O) groups excluding carboxylic acids is 1. The molecule has 2 aromatic rings. The molecule has 0 aliphatic carbocycles. The number of nitriles is 1. The summed E-state index contributed by atoms with van der Waals surface area (Å²) in [7, 11) is 0. The number of nitrogens with zero attached hydrogens (tertiary/aromatic N) is 1. The summed E-state index contributed by atoms with van der Waals surface area (Å²) in [6.07, 6.45) is 0. The summed E-state index contributed by atoms with van der Waals surface area (Å²) in [6, 6.07) is 15.2. The molecule has 0 radical (unpaired) electrons. The van der Waals surface area contributed by atoms with Gasteiger partial charge in [0.05, 0.1) is 6.07 Å². The van der Waals surface area contributed by atoms with Crippen molar-refractivity contribution in [3.63, 3.8) is 0 Å². The normalized spacial score (nSPS) is 11.7. The van der Waals surface area contributed by atoms with Crippen LogP contribution in [0.4, 0.5) is 0 Å². The molecule has 3 heteroatoms. The first-order valence-corrected chi connectivity index (χ1v) is 7.09. The van der Waals surface area contributed by atoms with Crippen LogP contribution in [0.1, 0.15) is 33.0 Å². The average Bonchev–Trinajstić information content (AvgIpc) is 2.44. The van der Waals surface area contributed by atoms with Crippen LogP contribution < -0.4 is 0 Å². The second-order valence-corrected chi connectivity index (χ2v) is 5.67. The molecule has 100 valence electrons. The highest BCUT2D eigenvalue weighted by Crippen LogP contribution is 2.26. The number of halogens is 1. The molecule has 1 unspecified atom stereocenters. The Bertz CT molecular complexity index is 683. The molecule has 1 atom stereocenters. The zero-order valence-electron chi connectivity index (χ0n) is 11.4. The molecule has 0 heterocycles. The average molecular weight is 328 g/mol. The van der Waals surface area contributed by atoms with Gasteiger partial charge in [0.1, 0.15) is 5.92 Å². The van der Waals surface area contributed by atoms with Gasteiger partial charge in [0.15, 0.2) is 5.78 Å². The molecule has 0 saturated heterocycles. The summed E-state index contributed by atoms with van der Waals surface area (Å²) in [5, 5.41) is 9.35. The van der Waals surface area contributed by atoms with E-state index in [1.165, 1.54) is 0 Å². The van der Waals surface area contributed by atoms with Gasteiger partial charge in [-0.1, -0.05) is 57.4 Å². The predicted molar refractivity (Wildman–Crippen MR) is 82.7 cm³/mol. The predicted octanol–water partition coefficient (Wildman–Crippen LogP) is 4.56. The molecule has 0 aliphatic rings. The third-order valence-electron chi connectivity index (χ3n) is 3.19. The van der Waals surface area contributed by atoms with Gasteiger partial charge in [-0.25, -0.2) is 0 Å². The van der Waals surface area contributed by atoms with Crippen molar-refractivity contribution >= 4 is 21.7 Å². The van der Waals surface area contributed by atoms with E-state index in [4.69, 9.17) is 0 Å². The van der Waals surface area contributed by atoms with Crippen LogP contribution in [0.3, 0.4) is 0 Å². The van der Waals surface area contributed by atoms with Gasteiger partial charge in [0, 0.05) is 10.0 Å². The fraction of sp³-hybridized carbons (Fsp3) is 0.176. The van der Waals surface area contributed by atoms with E-state index in [0.29, 0.717) is 5.56 Å². The summed E-state index contributed by atoms with van der Waals surface area (Å²) in [4.78, 5) is 12.6. The van der Waals surface area contributed by atoms with Crippen LogP contribution in [-0.4, -0.2) is 5.78 Å². The van der Waals surface area contributed by atoms with E-state index in [2.05, 4.69) is 22.0 Å². The fourth-order valence-corrected chi connectivity index (χ4v) is 2.47. The molecule has 2 nitrogen and oxygen atoms in total. The lowest BCUT2D eigenvalue weighted by Gasteiger charge is -2.11. The Labute approximate surface area is 127 Å².